The largest absolute Gasteiger partial charge is 0.485 e. The van der Waals surface area contributed by atoms with Crippen LogP contribution in [0.15, 0.2) is 24.5 Å². The first-order valence-electron chi connectivity index (χ1n) is 6.58. The molecule has 0 saturated heterocycles. The van der Waals surface area contributed by atoms with Gasteiger partial charge in [0.15, 0.2) is 5.82 Å². The van der Waals surface area contributed by atoms with Gasteiger partial charge in [-0.15, -0.1) is 0 Å². The molecule has 1 unspecified atom stereocenters. The van der Waals surface area contributed by atoms with E-state index in [4.69, 9.17) is 4.74 Å². The van der Waals surface area contributed by atoms with Crippen LogP contribution in [0.2, 0.25) is 0 Å². The Hall–Kier alpha value is -1.95. The number of hydrogen-bond acceptors (Lipinski definition) is 4. The fourth-order valence-electron chi connectivity index (χ4n) is 1.92. The number of aromatic nitrogens is 3. The molecule has 108 valence electrons. The van der Waals surface area contributed by atoms with Gasteiger partial charge in [-0.25, -0.2) is 14.1 Å². The SMILES string of the molecule is CCCn1ncnc1COc1cc(F)ccc1C(C)O. The standard InChI is InChI=1S/C14H18FN3O2/c1-3-6-18-14(16-9-17-18)8-20-13-7-11(15)4-5-12(13)10(2)19/h4-5,7,9-10,19H,3,6,8H2,1-2H3. The minimum atomic E-state index is -0.723. The van der Waals surface area contributed by atoms with E-state index >= 15 is 0 Å². The molecule has 1 aromatic heterocycles. The van der Waals surface area contributed by atoms with Gasteiger partial charge < -0.3 is 9.84 Å². The second-order valence-corrected chi connectivity index (χ2v) is 4.55. The van der Waals surface area contributed by atoms with E-state index < -0.39 is 11.9 Å². The Kier molecular flexibility index (Phi) is 4.68. The van der Waals surface area contributed by atoms with Gasteiger partial charge in [-0.3, -0.25) is 0 Å². The molecule has 6 heteroatoms. The number of halogens is 1. The van der Waals surface area contributed by atoms with E-state index in [0.29, 0.717) is 17.1 Å². The third-order valence-corrected chi connectivity index (χ3v) is 2.91. The molecule has 20 heavy (non-hydrogen) atoms. The highest BCUT2D eigenvalue weighted by atomic mass is 19.1. The summed E-state index contributed by atoms with van der Waals surface area (Å²) in [6, 6.07) is 4.09. The number of rotatable bonds is 6. The van der Waals surface area contributed by atoms with Crippen molar-refractivity contribution in [3.8, 4) is 5.75 Å². The summed E-state index contributed by atoms with van der Waals surface area (Å²) in [6.07, 6.45) is 1.68. The van der Waals surface area contributed by atoms with E-state index in [1.807, 2.05) is 6.92 Å². The van der Waals surface area contributed by atoms with E-state index in [0.717, 1.165) is 13.0 Å². The van der Waals surface area contributed by atoms with Gasteiger partial charge in [0.1, 0.15) is 24.5 Å². The number of aliphatic hydroxyl groups is 1. The normalized spacial score (nSPS) is 12.4. The Balaban J connectivity index is 2.14. The summed E-state index contributed by atoms with van der Waals surface area (Å²) in [5.74, 6) is 0.595. The number of hydrogen-bond donors (Lipinski definition) is 1. The number of aliphatic hydroxyl groups excluding tert-OH is 1. The fraction of sp³-hybridized carbons (Fsp3) is 0.429. The average molecular weight is 279 g/mol. The van der Waals surface area contributed by atoms with Gasteiger partial charge in [0.25, 0.3) is 0 Å². The molecule has 1 N–H and O–H groups in total. The lowest BCUT2D eigenvalue weighted by atomic mass is 10.1. The summed E-state index contributed by atoms with van der Waals surface area (Å²) in [5, 5.41) is 13.8. The Morgan fingerprint density at radius 2 is 2.25 bits per heavy atom. The van der Waals surface area contributed by atoms with Crippen molar-refractivity contribution in [3.05, 3.63) is 41.7 Å². The maximum absolute atomic E-state index is 13.3. The molecule has 2 rings (SSSR count). The molecule has 0 spiro atoms. The molecule has 0 aliphatic rings. The molecule has 0 aliphatic carbocycles. The predicted octanol–water partition coefficient (Wildman–Crippen LogP) is 2.46. The topological polar surface area (TPSA) is 60.2 Å². The lowest BCUT2D eigenvalue weighted by molar-refractivity contribution is 0.188. The molecule has 0 fully saturated rings. The van der Waals surface area contributed by atoms with Gasteiger partial charge in [0.2, 0.25) is 0 Å². The van der Waals surface area contributed by atoms with Crippen LogP contribution in [0.5, 0.6) is 5.75 Å². The van der Waals surface area contributed by atoms with Crippen LogP contribution in [-0.2, 0) is 13.2 Å². The van der Waals surface area contributed by atoms with Crippen molar-refractivity contribution < 1.29 is 14.2 Å². The van der Waals surface area contributed by atoms with Crippen molar-refractivity contribution >= 4 is 0 Å². The highest BCUT2D eigenvalue weighted by Crippen LogP contribution is 2.26. The fourth-order valence-corrected chi connectivity index (χ4v) is 1.92. The highest BCUT2D eigenvalue weighted by Gasteiger charge is 2.12. The van der Waals surface area contributed by atoms with Crippen LogP contribution in [0.1, 0.15) is 37.8 Å². The first-order valence-corrected chi connectivity index (χ1v) is 6.58. The van der Waals surface area contributed by atoms with Gasteiger partial charge in [-0.1, -0.05) is 6.92 Å². The van der Waals surface area contributed by atoms with Gasteiger partial charge in [0, 0.05) is 18.2 Å². The zero-order chi connectivity index (χ0) is 14.5. The quantitative estimate of drug-likeness (QED) is 0.882. The monoisotopic (exact) mass is 279 g/mol. The van der Waals surface area contributed by atoms with Gasteiger partial charge in [-0.05, 0) is 25.5 Å². The Morgan fingerprint density at radius 3 is 2.95 bits per heavy atom. The molecular formula is C14H18FN3O2. The van der Waals surface area contributed by atoms with Crippen molar-refractivity contribution in [2.24, 2.45) is 0 Å². The summed E-state index contributed by atoms with van der Waals surface area (Å²) >= 11 is 0. The summed E-state index contributed by atoms with van der Waals surface area (Å²) < 4.78 is 20.6. The summed E-state index contributed by atoms with van der Waals surface area (Å²) in [6.45, 7) is 4.60. The Labute approximate surface area is 117 Å². The maximum atomic E-state index is 13.3. The third kappa shape index (κ3) is 3.33. The minimum absolute atomic E-state index is 0.184. The van der Waals surface area contributed by atoms with E-state index in [9.17, 15) is 9.50 Å². The molecule has 0 saturated carbocycles. The number of benzene rings is 1. The minimum Gasteiger partial charge on any atom is -0.485 e. The Bertz CT molecular complexity index is 569. The Morgan fingerprint density at radius 1 is 1.45 bits per heavy atom. The molecule has 2 aromatic rings. The summed E-state index contributed by atoms with van der Waals surface area (Å²) in [5.41, 5.74) is 0.549. The van der Waals surface area contributed by atoms with Crippen LogP contribution in [0, 0.1) is 5.82 Å². The smallest absolute Gasteiger partial charge is 0.164 e. The first-order chi connectivity index (χ1) is 9.61. The third-order valence-electron chi connectivity index (χ3n) is 2.91. The molecule has 5 nitrogen and oxygen atoms in total. The van der Waals surface area contributed by atoms with Crippen LogP contribution < -0.4 is 4.74 Å². The lowest BCUT2D eigenvalue weighted by Crippen LogP contribution is -2.09. The van der Waals surface area contributed by atoms with Crippen LogP contribution >= 0.6 is 0 Å². The van der Waals surface area contributed by atoms with Crippen molar-refractivity contribution in [3.63, 3.8) is 0 Å². The molecule has 0 amide bonds. The summed E-state index contributed by atoms with van der Waals surface area (Å²) in [4.78, 5) is 4.12. The van der Waals surface area contributed by atoms with E-state index in [2.05, 4.69) is 10.1 Å². The first kappa shape index (κ1) is 14.5. The average Bonchev–Trinajstić information content (AvgIpc) is 2.84. The second kappa shape index (κ2) is 6.47. The lowest BCUT2D eigenvalue weighted by Gasteiger charge is -2.13. The zero-order valence-electron chi connectivity index (χ0n) is 11.6. The number of ether oxygens (including phenoxy) is 1. The molecule has 0 bridgehead atoms. The van der Waals surface area contributed by atoms with Crippen LogP contribution in [0.3, 0.4) is 0 Å². The van der Waals surface area contributed by atoms with Crippen LogP contribution in [0.4, 0.5) is 4.39 Å². The second-order valence-electron chi connectivity index (χ2n) is 4.55. The van der Waals surface area contributed by atoms with Gasteiger partial charge >= 0.3 is 0 Å². The van der Waals surface area contributed by atoms with Crippen LogP contribution in [0.25, 0.3) is 0 Å². The van der Waals surface area contributed by atoms with Crippen molar-refractivity contribution in [1.82, 2.24) is 14.8 Å². The highest BCUT2D eigenvalue weighted by molar-refractivity contribution is 5.35. The van der Waals surface area contributed by atoms with Crippen molar-refractivity contribution in [2.45, 2.75) is 39.5 Å². The maximum Gasteiger partial charge on any atom is 0.164 e. The van der Waals surface area contributed by atoms with E-state index in [1.165, 1.54) is 24.5 Å². The summed E-state index contributed by atoms with van der Waals surface area (Å²) in [7, 11) is 0. The molecule has 0 aliphatic heterocycles. The van der Waals surface area contributed by atoms with Crippen LogP contribution in [-0.4, -0.2) is 19.9 Å². The molecular weight excluding hydrogens is 261 g/mol. The molecule has 0 radical (unpaired) electrons. The van der Waals surface area contributed by atoms with Gasteiger partial charge in [-0.2, -0.15) is 5.10 Å². The number of aryl methyl sites for hydroxylation is 1. The predicted molar refractivity (Wildman–Crippen MR) is 71.7 cm³/mol. The zero-order valence-corrected chi connectivity index (χ0v) is 11.6. The molecule has 1 heterocycles. The van der Waals surface area contributed by atoms with E-state index in [-0.39, 0.29) is 6.61 Å². The molecule has 1 aromatic carbocycles. The van der Waals surface area contributed by atoms with E-state index in [1.54, 1.807) is 11.6 Å². The van der Waals surface area contributed by atoms with Gasteiger partial charge in [0.05, 0.1) is 6.10 Å². The molecule has 1 atom stereocenters. The van der Waals surface area contributed by atoms with Crippen molar-refractivity contribution in [1.29, 1.82) is 0 Å². The number of nitrogens with zero attached hydrogens (tertiary/aromatic N) is 3. The van der Waals surface area contributed by atoms with Crippen molar-refractivity contribution in [2.75, 3.05) is 0 Å².